The molecule has 0 bridgehead atoms. The molecule has 1 amide bonds. The number of ketones is 1. The first-order chi connectivity index (χ1) is 18.4. The molecule has 1 saturated carbocycles. The van der Waals surface area contributed by atoms with Crippen molar-refractivity contribution in [2.24, 2.45) is 5.92 Å². The predicted octanol–water partition coefficient (Wildman–Crippen LogP) is 6.43. The van der Waals surface area contributed by atoms with E-state index in [1.165, 1.54) is 37.7 Å². The number of esters is 1. The fraction of sp³-hybridized carbons (Fsp3) is 0.364. The average Bonchev–Trinajstić information content (AvgIpc) is 2.96. The Hall–Kier alpha value is -3.73. The predicted molar refractivity (Wildman–Crippen MR) is 149 cm³/mol. The highest BCUT2D eigenvalue weighted by Crippen LogP contribution is 2.32. The fourth-order valence-electron chi connectivity index (χ4n) is 5.21. The van der Waals surface area contributed by atoms with Gasteiger partial charge in [0.25, 0.3) is 0 Å². The van der Waals surface area contributed by atoms with E-state index in [9.17, 15) is 14.4 Å². The van der Waals surface area contributed by atoms with Crippen molar-refractivity contribution in [3.63, 3.8) is 0 Å². The number of carbonyl (C=O) groups excluding carboxylic acids is 3. The monoisotopic (exact) mass is 511 g/mol. The molecule has 1 N–H and O–H groups in total. The summed E-state index contributed by atoms with van der Waals surface area (Å²) in [6, 6.07) is 25.8. The maximum atomic E-state index is 13.5. The number of hydrogen-bond acceptors (Lipinski definition) is 4. The number of hydrogen-bond donors (Lipinski definition) is 1. The van der Waals surface area contributed by atoms with Crippen LogP contribution >= 0.6 is 0 Å². The third-order valence-electron chi connectivity index (χ3n) is 7.40. The molecule has 1 aliphatic rings. The van der Waals surface area contributed by atoms with E-state index < -0.39 is 17.9 Å². The van der Waals surface area contributed by atoms with Crippen molar-refractivity contribution < 1.29 is 19.1 Å². The van der Waals surface area contributed by atoms with Gasteiger partial charge in [0, 0.05) is 5.56 Å². The van der Waals surface area contributed by atoms with E-state index >= 15 is 0 Å². The van der Waals surface area contributed by atoms with E-state index in [1.807, 2.05) is 98.8 Å². The summed E-state index contributed by atoms with van der Waals surface area (Å²) in [5.74, 6) is -1.38. The molecule has 3 aromatic rings. The van der Waals surface area contributed by atoms with Crippen LogP contribution in [-0.4, -0.2) is 30.3 Å². The van der Waals surface area contributed by atoms with Gasteiger partial charge < -0.3 is 10.1 Å². The number of benzene rings is 3. The number of carbonyl (C=O) groups is 3. The zero-order valence-corrected chi connectivity index (χ0v) is 22.3. The Morgan fingerprint density at radius 1 is 0.789 bits per heavy atom. The van der Waals surface area contributed by atoms with Crippen LogP contribution in [0.3, 0.4) is 0 Å². The van der Waals surface area contributed by atoms with Gasteiger partial charge in [0.15, 0.2) is 12.4 Å². The number of Topliss-reactive ketones (excluding diaryl/α,β-unsaturated/α-hetero) is 1. The van der Waals surface area contributed by atoms with Crippen molar-refractivity contribution in [2.75, 3.05) is 6.61 Å². The van der Waals surface area contributed by atoms with Crippen LogP contribution in [0.4, 0.5) is 0 Å². The molecule has 198 valence electrons. The molecule has 1 fully saturated rings. The fourth-order valence-corrected chi connectivity index (χ4v) is 5.21. The summed E-state index contributed by atoms with van der Waals surface area (Å²) in [7, 11) is 0. The Morgan fingerprint density at radius 3 is 1.87 bits per heavy atom. The van der Waals surface area contributed by atoms with Crippen LogP contribution < -0.4 is 5.32 Å². The minimum atomic E-state index is -0.876. The summed E-state index contributed by atoms with van der Waals surface area (Å²) in [4.78, 5) is 39.3. The summed E-state index contributed by atoms with van der Waals surface area (Å²) >= 11 is 0. The first-order valence-electron chi connectivity index (χ1n) is 13.6. The SMILES string of the molecule is CC(C)[C@H](NC(=O)C(c1ccccc1)c1ccccc1)C(=O)OCC(=O)c1ccc(C2CCCCC2)cc1. The van der Waals surface area contributed by atoms with Gasteiger partial charge in [-0.25, -0.2) is 4.79 Å². The second-order valence-corrected chi connectivity index (χ2v) is 10.5. The molecular weight excluding hydrogens is 474 g/mol. The first-order valence-corrected chi connectivity index (χ1v) is 13.6. The summed E-state index contributed by atoms with van der Waals surface area (Å²) in [6.07, 6.45) is 6.21. The van der Waals surface area contributed by atoms with Crippen molar-refractivity contribution in [1.82, 2.24) is 5.32 Å². The number of amides is 1. The van der Waals surface area contributed by atoms with Gasteiger partial charge in [-0.05, 0) is 41.4 Å². The Morgan fingerprint density at radius 2 is 1.34 bits per heavy atom. The van der Waals surface area contributed by atoms with Crippen LogP contribution in [0.15, 0.2) is 84.9 Å². The minimum Gasteiger partial charge on any atom is -0.456 e. The first kappa shape index (κ1) is 27.3. The van der Waals surface area contributed by atoms with Gasteiger partial charge in [-0.3, -0.25) is 9.59 Å². The Balaban J connectivity index is 1.39. The van der Waals surface area contributed by atoms with Crippen LogP contribution in [0.1, 0.15) is 84.8 Å². The number of rotatable bonds is 10. The van der Waals surface area contributed by atoms with Gasteiger partial charge >= 0.3 is 5.97 Å². The maximum absolute atomic E-state index is 13.5. The van der Waals surface area contributed by atoms with E-state index in [4.69, 9.17) is 4.74 Å². The Kier molecular flexibility index (Phi) is 9.47. The largest absolute Gasteiger partial charge is 0.456 e. The van der Waals surface area contributed by atoms with Crippen LogP contribution in [0.5, 0.6) is 0 Å². The Labute approximate surface area is 225 Å². The molecule has 5 nitrogen and oxygen atoms in total. The Bertz CT molecular complexity index is 1160. The molecule has 0 unspecified atom stereocenters. The summed E-state index contributed by atoms with van der Waals surface area (Å²) in [5.41, 5.74) is 3.46. The molecule has 3 aromatic carbocycles. The highest BCUT2D eigenvalue weighted by molar-refractivity contribution is 5.98. The van der Waals surface area contributed by atoms with E-state index in [-0.39, 0.29) is 24.2 Å². The van der Waals surface area contributed by atoms with E-state index in [0.29, 0.717) is 11.5 Å². The molecule has 0 spiro atoms. The molecule has 0 saturated heterocycles. The van der Waals surface area contributed by atoms with E-state index in [1.54, 1.807) is 0 Å². The van der Waals surface area contributed by atoms with Crippen molar-refractivity contribution >= 4 is 17.7 Å². The third-order valence-corrected chi connectivity index (χ3v) is 7.40. The lowest BCUT2D eigenvalue weighted by Crippen LogP contribution is -2.47. The molecular formula is C33H37NO4. The summed E-state index contributed by atoms with van der Waals surface area (Å²) in [6.45, 7) is 3.33. The molecule has 0 heterocycles. The molecule has 0 radical (unpaired) electrons. The van der Waals surface area contributed by atoms with E-state index in [2.05, 4.69) is 5.32 Å². The minimum absolute atomic E-state index is 0.219. The van der Waals surface area contributed by atoms with Gasteiger partial charge in [-0.15, -0.1) is 0 Å². The van der Waals surface area contributed by atoms with Gasteiger partial charge in [-0.2, -0.15) is 0 Å². The second kappa shape index (κ2) is 13.2. The number of ether oxygens (including phenoxy) is 1. The second-order valence-electron chi connectivity index (χ2n) is 10.5. The van der Waals surface area contributed by atoms with Crippen molar-refractivity contribution in [3.8, 4) is 0 Å². The zero-order chi connectivity index (χ0) is 26.9. The molecule has 0 aromatic heterocycles. The van der Waals surface area contributed by atoms with Gasteiger partial charge in [-0.1, -0.05) is 118 Å². The van der Waals surface area contributed by atoms with Crippen molar-refractivity contribution in [2.45, 2.75) is 63.8 Å². The van der Waals surface area contributed by atoms with E-state index in [0.717, 1.165) is 11.1 Å². The molecule has 38 heavy (non-hydrogen) atoms. The third kappa shape index (κ3) is 6.97. The quantitative estimate of drug-likeness (QED) is 0.251. The topological polar surface area (TPSA) is 72.5 Å². The van der Waals surface area contributed by atoms with Crippen LogP contribution in [-0.2, 0) is 14.3 Å². The molecule has 4 rings (SSSR count). The summed E-state index contributed by atoms with van der Waals surface area (Å²) in [5, 5.41) is 2.90. The van der Waals surface area contributed by atoms with Gasteiger partial charge in [0.05, 0.1) is 5.92 Å². The van der Waals surface area contributed by atoms with Crippen LogP contribution in [0.2, 0.25) is 0 Å². The van der Waals surface area contributed by atoms with Crippen LogP contribution in [0, 0.1) is 5.92 Å². The molecule has 0 aliphatic heterocycles. The standard InChI is InChI=1S/C33H37NO4/c1-23(2)31(34-32(36)30(27-14-8-4-9-15-27)28-16-10-5-11-17-28)33(37)38-22-29(35)26-20-18-25(19-21-26)24-12-6-3-7-13-24/h4-5,8-11,14-21,23-24,30-31H,3,6-7,12-13,22H2,1-2H3,(H,34,36)/t31-/m0/s1. The molecule has 5 heteroatoms. The lowest BCUT2D eigenvalue weighted by atomic mass is 9.84. The lowest BCUT2D eigenvalue weighted by molar-refractivity contribution is -0.148. The average molecular weight is 512 g/mol. The molecule has 1 aliphatic carbocycles. The number of nitrogens with one attached hydrogen (secondary N) is 1. The lowest BCUT2D eigenvalue weighted by Gasteiger charge is -2.24. The van der Waals surface area contributed by atoms with Crippen LogP contribution in [0.25, 0.3) is 0 Å². The maximum Gasteiger partial charge on any atom is 0.329 e. The summed E-state index contributed by atoms with van der Waals surface area (Å²) < 4.78 is 5.42. The highest BCUT2D eigenvalue weighted by Gasteiger charge is 2.31. The molecule has 1 atom stereocenters. The zero-order valence-electron chi connectivity index (χ0n) is 22.3. The van der Waals surface area contributed by atoms with Gasteiger partial charge in [0.1, 0.15) is 6.04 Å². The van der Waals surface area contributed by atoms with Crippen molar-refractivity contribution in [3.05, 3.63) is 107 Å². The highest BCUT2D eigenvalue weighted by atomic mass is 16.5. The smallest absolute Gasteiger partial charge is 0.329 e. The van der Waals surface area contributed by atoms with Crippen molar-refractivity contribution in [1.29, 1.82) is 0 Å². The normalized spacial score (nSPS) is 14.7. The van der Waals surface area contributed by atoms with Gasteiger partial charge in [0.2, 0.25) is 5.91 Å².